The maximum atomic E-state index is 13.4. The molecule has 2 aromatic rings. The summed E-state index contributed by atoms with van der Waals surface area (Å²) in [5, 5.41) is 2.87. The Hall–Kier alpha value is -3.76. The molecule has 2 amide bonds. The van der Waals surface area contributed by atoms with Gasteiger partial charge in [-0.05, 0) is 48.7 Å². The van der Waals surface area contributed by atoms with E-state index in [0.29, 0.717) is 23.5 Å². The molecule has 1 saturated heterocycles. The van der Waals surface area contributed by atoms with Crippen LogP contribution in [0, 0.1) is 5.92 Å². The van der Waals surface area contributed by atoms with E-state index in [9.17, 15) is 35.9 Å². The topological polar surface area (TPSA) is 58.6 Å². The Labute approximate surface area is 201 Å². The van der Waals surface area contributed by atoms with Gasteiger partial charge in [0.05, 0.1) is 29.0 Å². The van der Waals surface area contributed by atoms with E-state index in [-0.39, 0.29) is 29.2 Å². The first kappa shape index (κ1) is 24.0. The molecule has 0 aromatic heterocycles. The summed E-state index contributed by atoms with van der Waals surface area (Å²) in [5.74, 6) is -1.46. The number of alkyl halides is 6. The number of nitrogens with one attached hydrogen (secondary N) is 1. The highest BCUT2D eigenvalue weighted by Crippen LogP contribution is 2.44. The molecule has 3 aliphatic rings. The van der Waals surface area contributed by atoms with Gasteiger partial charge in [0.25, 0.3) is 11.8 Å². The van der Waals surface area contributed by atoms with Crippen LogP contribution < -0.4 is 10.2 Å². The van der Waals surface area contributed by atoms with Crippen molar-refractivity contribution >= 4 is 17.5 Å². The lowest BCUT2D eigenvalue weighted by Crippen LogP contribution is -2.36. The van der Waals surface area contributed by atoms with Gasteiger partial charge in [0.15, 0.2) is 6.23 Å². The van der Waals surface area contributed by atoms with Gasteiger partial charge < -0.3 is 10.1 Å². The zero-order valence-corrected chi connectivity index (χ0v) is 18.6. The fourth-order valence-corrected chi connectivity index (χ4v) is 4.85. The molecule has 5 rings (SSSR count). The summed E-state index contributed by atoms with van der Waals surface area (Å²) in [6.45, 7) is 1.37. The van der Waals surface area contributed by atoms with Crippen LogP contribution in [0.2, 0.25) is 0 Å². The lowest BCUT2D eigenvalue weighted by molar-refractivity contribution is -0.143. The molecule has 36 heavy (non-hydrogen) atoms. The second-order valence-corrected chi connectivity index (χ2v) is 8.85. The van der Waals surface area contributed by atoms with Crippen molar-refractivity contribution in [2.24, 2.45) is 5.92 Å². The van der Waals surface area contributed by atoms with Crippen molar-refractivity contribution in [3.63, 3.8) is 0 Å². The molecule has 0 radical (unpaired) electrons. The van der Waals surface area contributed by atoms with E-state index in [0.717, 1.165) is 17.4 Å². The maximum absolute atomic E-state index is 13.4. The number of carbonyl (C=O) groups excluding carboxylic acids is 2. The van der Waals surface area contributed by atoms with E-state index in [1.807, 2.05) is 24.3 Å². The van der Waals surface area contributed by atoms with Gasteiger partial charge >= 0.3 is 12.4 Å². The number of benzene rings is 2. The second kappa shape index (κ2) is 8.14. The minimum atomic E-state index is -5.08. The van der Waals surface area contributed by atoms with E-state index < -0.39 is 47.2 Å². The van der Waals surface area contributed by atoms with Crippen LogP contribution >= 0.6 is 0 Å². The molecule has 2 aliphatic heterocycles. The molecular formula is C25H18F6N2O3. The van der Waals surface area contributed by atoms with E-state index in [1.165, 1.54) is 13.0 Å². The molecule has 2 aromatic carbocycles. The van der Waals surface area contributed by atoms with E-state index in [2.05, 4.69) is 5.32 Å². The number of nitrogens with zero attached hydrogens (tertiary/aromatic N) is 1. The zero-order chi connectivity index (χ0) is 26.0. The third kappa shape index (κ3) is 4.02. The first-order chi connectivity index (χ1) is 16.8. The molecule has 2 heterocycles. The number of amides is 2. The van der Waals surface area contributed by atoms with Gasteiger partial charge in [-0.1, -0.05) is 24.3 Å². The molecule has 5 nitrogen and oxygen atoms in total. The number of rotatable bonds is 3. The first-order valence-electron chi connectivity index (χ1n) is 10.9. The number of hydrogen-bond acceptors (Lipinski definition) is 3. The lowest BCUT2D eigenvalue weighted by Gasteiger charge is -2.26. The van der Waals surface area contributed by atoms with Crippen LogP contribution in [0.3, 0.4) is 0 Å². The Balaban J connectivity index is 1.48. The summed E-state index contributed by atoms with van der Waals surface area (Å²) in [6, 6.07) is 8.23. The molecule has 1 N–H and O–H groups in total. The highest BCUT2D eigenvalue weighted by Gasteiger charge is 2.45. The molecule has 0 saturated carbocycles. The van der Waals surface area contributed by atoms with E-state index in [1.54, 1.807) is 0 Å². The predicted octanol–water partition coefficient (Wildman–Crippen LogP) is 5.29. The van der Waals surface area contributed by atoms with Crippen molar-refractivity contribution < 1.29 is 40.7 Å². The van der Waals surface area contributed by atoms with E-state index in [4.69, 9.17) is 4.74 Å². The summed E-state index contributed by atoms with van der Waals surface area (Å²) >= 11 is 0. The standard InChI is InChI=1S/C25H18F6N2O3/c1-12-6-20(36-11-19-18-7-13-4-2-3-5-17(13)21(18)32-22(19)34)33(23(12)35)16-9-14(24(26,27)28)8-15(10-16)25(29,30)31/h2-6,8-11,18,20-21H,7H2,1H3,(H,32,34). The number of fused-ring (bicyclic) bond motifs is 3. The van der Waals surface area contributed by atoms with Crippen LogP contribution in [0.5, 0.6) is 0 Å². The zero-order valence-electron chi connectivity index (χ0n) is 18.6. The van der Waals surface area contributed by atoms with Crippen molar-refractivity contribution in [1.29, 1.82) is 0 Å². The van der Waals surface area contributed by atoms with Crippen molar-refractivity contribution in [2.45, 2.75) is 38.0 Å². The molecule has 1 fully saturated rings. The first-order valence-corrected chi connectivity index (χ1v) is 10.9. The Morgan fingerprint density at radius 2 is 1.64 bits per heavy atom. The fraction of sp³-hybridized carbons (Fsp3) is 0.280. The van der Waals surface area contributed by atoms with Crippen LogP contribution in [0.25, 0.3) is 0 Å². The molecule has 3 atom stereocenters. The minimum Gasteiger partial charge on any atom is -0.474 e. The van der Waals surface area contributed by atoms with Crippen molar-refractivity contribution in [3.8, 4) is 0 Å². The predicted molar refractivity (Wildman–Crippen MR) is 115 cm³/mol. The molecular weight excluding hydrogens is 490 g/mol. The van der Waals surface area contributed by atoms with Crippen molar-refractivity contribution in [3.05, 3.63) is 88.2 Å². The fourth-order valence-electron chi connectivity index (χ4n) is 4.85. The van der Waals surface area contributed by atoms with Gasteiger partial charge in [0, 0.05) is 17.2 Å². The molecule has 3 unspecified atom stereocenters. The minimum absolute atomic E-state index is 0.0110. The van der Waals surface area contributed by atoms with Gasteiger partial charge in [0.2, 0.25) is 0 Å². The Morgan fingerprint density at radius 1 is 1.00 bits per heavy atom. The summed E-state index contributed by atoms with van der Waals surface area (Å²) in [4.78, 5) is 26.0. The summed E-state index contributed by atoms with van der Waals surface area (Å²) in [7, 11) is 0. The summed E-state index contributed by atoms with van der Waals surface area (Å²) in [5.41, 5.74) is -1.35. The monoisotopic (exact) mass is 508 g/mol. The number of ether oxygens (including phenoxy) is 1. The third-order valence-corrected chi connectivity index (χ3v) is 6.57. The van der Waals surface area contributed by atoms with Crippen LogP contribution in [0.15, 0.2) is 65.9 Å². The summed E-state index contributed by atoms with van der Waals surface area (Å²) in [6.07, 6.45) is -8.52. The largest absolute Gasteiger partial charge is 0.474 e. The van der Waals surface area contributed by atoms with Gasteiger partial charge in [-0.3, -0.25) is 14.5 Å². The van der Waals surface area contributed by atoms with Gasteiger partial charge in [-0.15, -0.1) is 0 Å². The SMILES string of the molecule is CC1=CC(OC=C2C(=O)NC3c4ccccc4CC23)N(c2cc(C(F)(F)F)cc(C(F)(F)F)c2)C1=O. The van der Waals surface area contributed by atoms with Gasteiger partial charge in [0.1, 0.15) is 0 Å². The lowest BCUT2D eigenvalue weighted by atomic mass is 9.97. The highest BCUT2D eigenvalue weighted by atomic mass is 19.4. The number of anilines is 1. The Bertz CT molecular complexity index is 1300. The maximum Gasteiger partial charge on any atom is 0.416 e. The highest BCUT2D eigenvalue weighted by molar-refractivity contribution is 6.08. The molecule has 0 spiro atoms. The van der Waals surface area contributed by atoms with Crippen LogP contribution in [0.1, 0.15) is 35.2 Å². The number of halogens is 6. The number of hydrogen-bond donors (Lipinski definition) is 1. The van der Waals surface area contributed by atoms with Crippen LogP contribution in [-0.2, 0) is 33.1 Å². The van der Waals surface area contributed by atoms with Crippen molar-refractivity contribution in [2.75, 3.05) is 4.90 Å². The quantitative estimate of drug-likeness (QED) is 0.349. The average molecular weight is 508 g/mol. The van der Waals surface area contributed by atoms with Crippen LogP contribution in [0.4, 0.5) is 32.0 Å². The molecule has 188 valence electrons. The average Bonchev–Trinajstić information content (AvgIpc) is 3.40. The second-order valence-electron chi connectivity index (χ2n) is 8.85. The Kier molecular flexibility index (Phi) is 5.42. The summed E-state index contributed by atoms with van der Waals surface area (Å²) < 4.78 is 85.8. The number of carbonyl (C=O) groups is 2. The van der Waals surface area contributed by atoms with Crippen molar-refractivity contribution in [1.82, 2.24) is 5.32 Å². The Morgan fingerprint density at radius 3 is 2.28 bits per heavy atom. The smallest absolute Gasteiger partial charge is 0.416 e. The van der Waals surface area contributed by atoms with Gasteiger partial charge in [-0.25, -0.2) is 0 Å². The van der Waals surface area contributed by atoms with E-state index >= 15 is 0 Å². The molecule has 1 aliphatic carbocycles. The molecule has 11 heteroatoms. The van der Waals surface area contributed by atoms with Crippen LogP contribution in [-0.4, -0.2) is 18.0 Å². The normalized spacial score (nSPS) is 24.6. The third-order valence-electron chi connectivity index (χ3n) is 6.57. The van der Waals surface area contributed by atoms with Gasteiger partial charge in [-0.2, -0.15) is 26.3 Å². The molecule has 0 bridgehead atoms.